The monoisotopic (exact) mass is 527 g/mol. The maximum atomic E-state index is 13.8. The van der Waals surface area contributed by atoms with Crippen LogP contribution in [-0.4, -0.2) is 21.0 Å². The summed E-state index contributed by atoms with van der Waals surface area (Å²) in [6.07, 6.45) is 7.90. The molecule has 4 nitrogen and oxygen atoms in total. The van der Waals surface area contributed by atoms with Gasteiger partial charge in [-0.25, -0.2) is 9.37 Å². The van der Waals surface area contributed by atoms with Crippen LogP contribution in [0.25, 0.3) is 28.1 Å². The van der Waals surface area contributed by atoms with Crippen LogP contribution in [0.1, 0.15) is 40.6 Å². The van der Waals surface area contributed by atoms with Gasteiger partial charge in [0.05, 0.1) is 23.2 Å². The normalized spacial score (nSPS) is 12.3. The number of H-pyrrole nitrogens is 1. The second kappa shape index (κ2) is 11.0. The van der Waals surface area contributed by atoms with Gasteiger partial charge in [0.2, 0.25) is 0 Å². The molecule has 0 atom stereocenters. The number of thiazole rings is 1. The fourth-order valence-corrected chi connectivity index (χ4v) is 5.26. The van der Waals surface area contributed by atoms with Gasteiger partial charge in [-0.2, -0.15) is 5.10 Å². The fourth-order valence-electron chi connectivity index (χ4n) is 4.35. The molecule has 0 radical (unpaired) electrons. The number of nitrogens with zero attached hydrogens (tertiary/aromatic N) is 2. The molecular weight excluding hydrogens is 505 g/mol. The molecule has 0 aliphatic heterocycles. The van der Waals surface area contributed by atoms with Gasteiger partial charge in [-0.1, -0.05) is 61.0 Å². The second-order valence-electron chi connectivity index (χ2n) is 8.53. The highest BCUT2D eigenvalue weighted by Crippen LogP contribution is 2.38. The van der Waals surface area contributed by atoms with Crippen LogP contribution in [0.15, 0.2) is 84.5 Å². The summed E-state index contributed by atoms with van der Waals surface area (Å²) in [5.74, 6) is -0.363. The van der Waals surface area contributed by atoms with Gasteiger partial charge < -0.3 is 0 Å². The molecule has 0 unspecified atom stereocenters. The highest BCUT2D eigenvalue weighted by Gasteiger charge is 2.16. The first kappa shape index (κ1) is 24.8. The minimum absolute atomic E-state index is 0.00671. The quantitative estimate of drug-likeness (QED) is 0.164. The topological polar surface area (TPSA) is 58.6 Å². The number of carbonyl (C=O) groups excluding carboxylic acids is 1. The molecular formula is C30H23ClFN3OS. The van der Waals surface area contributed by atoms with Crippen molar-refractivity contribution in [1.82, 2.24) is 15.2 Å². The first-order chi connectivity index (χ1) is 18.0. The van der Waals surface area contributed by atoms with Crippen molar-refractivity contribution < 1.29 is 9.18 Å². The van der Waals surface area contributed by atoms with Crippen molar-refractivity contribution in [3.8, 4) is 0 Å². The Labute approximate surface area is 223 Å². The fraction of sp³-hybridized carbons (Fsp3) is 0.100. The number of aromatic amines is 1. The molecule has 0 amide bonds. The van der Waals surface area contributed by atoms with Gasteiger partial charge in [0.1, 0.15) is 10.8 Å². The van der Waals surface area contributed by atoms with E-state index in [2.05, 4.69) is 28.2 Å². The average molecular weight is 528 g/mol. The summed E-state index contributed by atoms with van der Waals surface area (Å²) < 4.78 is 13.8. The number of benzene rings is 3. The highest BCUT2D eigenvalue weighted by atomic mass is 35.5. The maximum Gasteiger partial charge on any atom is 0.162 e. The molecule has 0 spiro atoms. The Morgan fingerprint density at radius 1 is 1.08 bits per heavy atom. The molecule has 37 heavy (non-hydrogen) atoms. The number of ketones is 1. The number of rotatable bonds is 8. The number of carbonyl (C=O) groups is 1. The first-order valence-corrected chi connectivity index (χ1v) is 13.1. The summed E-state index contributed by atoms with van der Waals surface area (Å²) in [7, 11) is 0. The second-order valence-corrected chi connectivity index (χ2v) is 9.91. The minimum Gasteiger partial charge on any atom is -0.294 e. The molecule has 0 aliphatic rings. The molecule has 7 heteroatoms. The predicted molar refractivity (Wildman–Crippen MR) is 150 cm³/mol. The zero-order chi connectivity index (χ0) is 25.8. The van der Waals surface area contributed by atoms with E-state index in [1.54, 1.807) is 24.5 Å². The molecule has 0 saturated heterocycles. The lowest BCUT2D eigenvalue weighted by Gasteiger charge is -2.18. The zero-order valence-electron chi connectivity index (χ0n) is 20.0. The molecule has 2 heterocycles. The van der Waals surface area contributed by atoms with E-state index in [9.17, 15) is 9.18 Å². The molecule has 5 aromatic rings. The van der Waals surface area contributed by atoms with Gasteiger partial charge in [-0.05, 0) is 70.2 Å². The smallest absolute Gasteiger partial charge is 0.162 e. The SMILES string of the molecule is CC/C(=C(/c1ccc(/C=C/C(=O)Cc2nccs2)cc1)c1ccc2[nH]ncc2c1)c1ccc(F)cc1Cl. The number of hydrogen-bond donors (Lipinski definition) is 1. The van der Waals surface area contributed by atoms with E-state index in [1.807, 2.05) is 47.9 Å². The average Bonchev–Trinajstić information content (AvgIpc) is 3.59. The number of fused-ring (bicyclic) bond motifs is 1. The van der Waals surface area contributed by atoms with Crippen LogP contribution in [0.2, 0.25) is 5.02 Å². The molecule has 0 aliphatic carbocycles. The number of hydrogen-bond acceptors (Lipinski definition) is 4. The third-order valence-electron chi connectivity index (χ3n) is 6.11. The van der Waals surface area contributed by atoms with E-state index >= 15 is 0 Å². The van der Waals surface area contributed by atoms with Crippen LogP contribution in [0.5, 0.6) is 0 Å². The van der Waals surface area contributed by atoms with E-state index in [-0.39, 0.29) is 11.6 Å². The summed E-state index contributed by atoms with van der Waals surface area (Å²) in [5.41, 5.74) is 6.68. The van der Waals surface area contributed by atoms with Crippen molar-refractivity contribution in [2.24, 2.45) is 0 Å². The highest BCUT2D eigenvalue weighted by molar-refractivity contribution is 7.09. The summed E-state index contributed by atoms with van der Waals surface area (Å²) in [5, 5.41) is 11.2. The lowest BCUT2D eigenvalue weighted by Crippen LogP contribution is -1.98. The number of allylic oxidation sites excluding steroid dienone is 2. The van der Waals surface area contributed by atoms with Crippen molar-refractivity contribution in [2.45, 2.75) is 19.8 Å². The summed E-state index contributed by atoms with van der Waals surface area (Å²) in [6.45, 7) is 2.07. The third-order valence-corrected chi connectivity index (χ3v) is 7.20. The van der Waals surface area contributed by atoms with E-state index in [0.29, 0.717) is 17.9 Å². The van der Waals surface area contributed by atoms with Crippen LogP contribution in [0.3, 0.4) is 0 Å². The van der Waals surface area contributed by atoms with E-state index in [1.165, 1.54) is 23.5 Å². The Morgan fingerprint density at radius 2 is 1.89 bits per heavy atom. The molecule has 1 N–H and O–H groups in total. The van der Waals surface area contributed by atoms with Gasteiger partial charge in [-0.15, -0.1) is 11.3 Å². The van der Waals surface area contributed by atoms with Crippen molar-refractivity contribution in [3.05, 3.63) is 123 Å². The van der Waals surface area contributed by atoms with Crippen molar-refractivity contribution >= 4 is 56.8 Å². The Kier molecular flexibility index (Phi) is 7.40. The predicted octanol–water partition coefficient (Wildman–Crippen LogP) is 8.01. The molecule has 2 aromatic heterocycles. The first-order valence-electron chi connectivity index (χ1n) is 11.8. The number of halogens is 2. The zero-order valence-corrected chi connectivity index (χ0v) is 21.6. The molecule has 0 saturated carbocycles. The maximum absolute atomic E-state index is 13.8. The van der Waals surface area contributed by atoms with Crippen LogP contribution < -0.4 is 0 Å². The Bertz CT molecular complexity index is 1620. The van der Waals surface area contributed by atoms with Gasteiger partial charge in [0.25, 0.3) is 0 Å². The van der Waals surface area contributed by atoms with Crippen molar-refractivity contribution in [3.63, 3.8) is 0 Å². The molecule has 3 aromatic carbocycles. The lowest BCUT2D eigenvalue weighted by atomic mass is 9.87. The van der Waals surface area contributed by atoms with Gasteiger partial charge in [0.15, 0.2) is 5.78 Å². The Balaban J connectivity index is 1.55. The molecule has 0 fully saturated rings. The molecule has 184 valence electrons. The largest absolute Gasteiger partial charge is 0.294 e. The van der Waals surface area contributed by atoms with Crippen molar-refractivity contribution in [1.29, 1.82) is 0 Å². The van der Waals surface area contributed by atoms with Crippen LogP contribution in [0.4, 0.5) is 4.39 Å². The third kappa shape index (κ3) is 5.61. The summed E-state index contributed by atoms with van der Waals surface area (Å²) in [6, 6.07) is 18.7. The van der Waals surface area contributed by atoms with E-state index < -0.39 is 0 Å². The Hall–Kier alpha value is -3.87. The van der Waals surface area contributed by atoms with Crippen LogP contribution >= 0.6 is 22.9 Å². The number of aromatic nitrogens is 3. The molecule has 5 rings (SSSR count). The van der Waals surface area contributed by atoms with Crippen LogP contribution in [-0.2, 0) is 11.2 Å². The van der Waals surface area contributed by atoms with E-state index in [0.717, 1.165) is 49.3 Å². The van der Waals surface area contributed by atoms with Gasteiger partial charge in [0, 0.05) is 17.0 Å². The minimum atomic E-state index is -0.369. The Morgan fingerprint density at radius 3 is 2.62 bits per heavy atom. The standard InChI is InChI=1S/C30H23ClFN3OS/c1-2-25(26-11-9-23(32)16-27(26)31)30(21-8-12-28-22(15-21)18-34-35-28)20-6-3-19(4-7-20)5-10-24(36)17-29-33-13-14-37-29/h3-16,18H,2,17H2,1H3,(H,34,35)/b10-5+,30-25+. The summed E-state index contributed by atoms with van der Waals surface area (Å²) in [4.78, 5) is 16.5. The molecule has 0 bridgehead atoms. The van der Waals surface area contributed by atoms with E-state index in [4.69, 9.17) is 11.6 Å². The lowest BCUT2D eigenvalue weighted by molar-refractivity contribution is -0.113. The van der Waals surface area contributed by atoms with Gasteiger partial charge >= 0.3 is 0 Å². The van der Waals surface area contributed by atoms with Crippen LogP contribution in [0, 0.1) is 5.82 Å². The van der Waals surface area contributed by atoms with Crippen molar-refractivity contribution in [2.75, 3.05) is 0 Å². The van der Waals surface area contributed by atoms with Gasteiger partial charge in [-0.3, -0.25) is 9.89 Å². The number of nitrogens with one attached hydrogen (secondary N) is 1. The summed E-state index contributed by atoms with van der Waals surface area (Å²) >= 11 is 7.99.